The average molecular weight is 392 g/mol. The molecule has 0 aliphatic rings. The zero-order chi connectivity index (χ0) is 19.5. The molecule has 6 nitrogen and oxygen atoms in total. The third-order valence-electron chi connectivity index (χ3n) is 4.35. The van der Waals surface area contributed by atoms with Crippen LogP contribution in [0.25, 0.3) is 11.4 Å². The predicted octanol–water partition coefficient (Wildman–Crippen LogP) is 4.53. The summed E-state index contributed by atoms with van der Waals surface area (Å²) in [5.41, 5.74) is 3.06. The zero-order valence-corrected chi connectivity index (χ0v) is 16.0. The van der Waals surface area contributed by atoms with E-state index < -0.39 is 0 Å². The number of carbonyl (C=O) groups is 1. The predicted molar refractivity (Wildman–Crippen MR) is 109 cm³/mol. The zero-order valence-electron chi connectivity index (χ0n) is 15.2. The third kappa shape index (κ3) is 3.54. The Hall–Kier alpha value is -3.38. The smallest absolute Gasteiger partial charge is 0.260 e. The lowest BCUT2D eigenvalue weighted by molar-refractivity contribution is 0.102. The van der Waals surface area contributed by atoms with Crippen LogP contribution in [0.1, 0.15) is 23.0 Å². The number of benzene rings is 2. The molecule has 0 atom stereocenters. The van der Waals surface area contributed by atoms with Gasteiger partial charge in [0.25, 0.3) is 5.91 Å². The number of nitrogens with zero attached hydrogens (tertiary/aromatic N) is 4. The van der Waals surface area contributed by atoms with Crippen molar-refractivity contribution in [2.75, 3.05) is 5.32 Å². The summed E-state index contributed by atoms with van der Waals surface area (Å²) in [6, 6.07) is 18.9. The van der Waals surface area contributed by atoms with Gasteiger partial charge in [-0.25, -0.2) is 9.36 Å². The Kier molecular flexibility index (Phi) is 4.95. The maximum atomic E-state index is 12.8. The van der Waals surface area contributed by atoms with E-state index in [9.17, 15) is 4.79 Å². The fourth-order valence-corrected chi connectivity index (χ4v) is 3.22. The highest BCUT2D eigenvalue weighted by molar-refractivity contribution is 6.30. The van der Waals surface area contributed by atoms with Crippen molar-refractivity contribution in [2.24, 2.45) is 0 Å². The number of hydrogen-bond acceptors (Lipinski definition) is 3. The van der Waals surface area contributed by atoms with Crippen LogP contribution in [-0.4, -0.2) is 25.5 Å². The Labute approximate surface area is 167 Å². The van der Waals surface area contributed by atoms with Crippen molar-refractivity contribution in [1.82, 2.24) is 19.6 Å². The SMILES string of the molecule is CCc1c(C(=O)Nc2ccn(-c3ccccc3)n2)cnn1-c1cccc(Cl)c1. The molecule has 7 heteroatoms. The van der Waals surface area contributed by atoms with Gasteiger partial charge >= 0.3 is 0 Å². The number of halogens is 1. The second-order valence-corrected chi connectivity index (χ2v) is 6.62. The van der Waals surface area contributed by atoms with E-state index in [4.69, 9.17) is 11.6 Å². The fraction of sp³-hybridized carbons (Fsp3) is 0.0952. The van der Waals surface area contributed by atoms with Crippen molar-refractivity contribution in [1.29, 1.82) is 0 Å². The van der Waals surface area contributed by atoms with Gasteiger partial charge < -0.3 is 5.32 Å². The summed E-state index contributed by atoms with van der Waals surface area (Å²) >= 11 is 6.09. The Balaban J connectivity index is 1.58. The van der Waals surface area contributed by atoms with Crippen LogP contribution in [-0.2, 0) is 6.42 Å². The average Bonchev–Trinajstić information content (AvgIpc) is 3.35. The lowest BCUT2D eigenvalue weighted by Crippen LogP contribution is -2.15. The second kappa shape index (κ2) is 7.70. The van der Waals surface area contributed by atoms with Crippen LogP contribution in [0.4, 0.5) is 5.82 Å². The minimum Gasteiger partial charge on any atom is -0.305 e. The summed E-state index contributed by atoms with van der Waals surface area (Å²) in [5.74, 6) is 0.231. The summed E-state index contributed by atoms with van der Waals surface area (Å²) in [6.45, 7) is 1.99. The van der Waals surface area contributed by atoms with E-state index in [1.807, 2.05) is 55.5 Å². The molecular formula is C21H18ClN5O. The lowest BCUT2D eigenvalue weighted by atomic mass is 10.2. The van der Waals surface area contributed by atoms with Crippen LogP contribution >= 0.6 is 11.6 Å². The van der Waals surface area contributed by atoms with Crippen LogP contribution in [0, 0.1) is 0 Å². The van der Waals surface area contributed by atoms with Crippen LogP contribution in [0.15, 0.2) is 73.1 Å². The highest BCUT2D eigenvalue weighted by Gasteiger charge is 2.18. The summed E-state index contributed by atoms with van der Waals surface area (Å²) in [6.07, 6.45) is 4.03. The van der Waals surface area contributed by atoms with Crippen molar-refractivity contribution in [3.63, 3.8) is 0 Å². The lowest BCUT2D eigenvalue weighted by Gasteiger charge is -2.08. The van der Waals surface area contributed by atoms with Crippen LogP contribution in [0.2, 0.25) is 5.02 Å². The number of aromatic nitrogens is 4. The van der Waals surface area contributed by atoms with Gasteiger partial charge in [-0.1, -0.05) is 42.8 Å². The van der Waals surface area contributed by atoms with E-state index in [-0.39, 0.29) is 5.91 Å². The minimum atomic E-state index is -0.247. The quantitative estimate of drug-likeness (QED) is 0.543. The molecule has 4 rings (SSSR count). The maximum Gasteiger partial charge on any atom is 0.260 e. The molecule has 28 heavy (non-hydrogen) atoms. The number of hydrogen-bond donors (Lipinski definition) is 1. The number of nitrogens with one attached hydrogen (secondary N) is 1. The van der Waals surface area contributed by atoms with E-state index in [0.717, 1.165) is 17.1 Å². The molecule has 0 spiro atoms. The normalized spacial score (nSPS) is 10.8. The first-order chi connectivity index (χ1) is 13.7. The Morgan fingerprint density at radius 2 is 1.86 bits per heavy atom. The van der Waals surface area contributed by atoms with Crippen molar-refractivity contribution >= 4 is 23.3 Å². The highest BCUT2D eigenvalue weighted by Crippen LogP contribution is 2.20. The van der Waals surface area contributed by atoms with Gasteiger partial charge in [0, 0.05) is 17.3 Å². The third-order valence-corrected chi connectivity index (χ3v) is 4.59. The molecule has 0 fully saturated rings. The van der Waals surface area contributed by atoms with Crippen LogP contribution in [0.5, 0.6) is 0 Å². The van der Waals surface area contributed by atoms with E-state index in [1.54, 1.807) is 33.9 Å². The Bertz CT molecular complexity index is 1120. The molecule has 0 saturated heterocycles. The van der Waals surface area contributed by atoms with Gasteiger partial charge in [-0.05, 0) is 36.8 Å². The second-order valence-electron chi connectivity index (χ2n) is 6.19. The van der Waals surface area contributed by atoms with Gasteiger partial charge in [0.1, 0.15) is 0 Å². The molecule has 0 bridgehead atoms. The van der Waals surface area contributed by atoms with E-state index in [1.165, 1.54) is 0 Å². The molecule has 4 aromatic rings. The number of rotatable bonds is 5. The maximum absolute atomic E-state index is 12.8. The molecule has 0 aliphatic heterocycles. The Morgan fingerprint density at radius 1 is 1.07 bits per heavy atom. The molecule has 140 valence electrons. The molecule has 1 N–H and O–H groups in total. The van der Waals surface area contributed by atoms with Crippen molar-refractivity contribution < 1.29 is 4.79 Å². The number of carbonyl (C=O) groups excluding carboxylic acids is 1. The van der Waals surface area contributed by atoms with Crippen molar-refractivity contribution in [3.05, 3.63) is 89.3 Å². The molecule has 0 unspecified atom stereocenters. The van der Waals surface area contributed by atoms with Gasteiger partial charge in [0.05, 0.1) is 28.8 Å². The van der Waals surface area contributed by atoms with E-state index >= 15 is 0 Å². The first-order valence-corrected chi connectivity index (χ1v) is 9.29. The standard InChI is InChI=1S/C21H18ClN5O/c1-2-19-18(14-23-27(19)17-10-6-7-15(22)13-17)21(28)24-20-11-12-26(25-20)16-8-4-3-5-9-16/h3-14H,2H2,1H3,(H,24,25,28). The first kappa shape index (κ1) is 18.0. The molecule has 2 heterocycles. The molecule has 0 radical (unpaired) electrons. The topological polar surface area (TPSA) is 64.7 Å². The summed E-state index contributed by atoms with van der Waals surface area (Å²) in [4.78, 5) is 12.8. The molecule has 0 saturated carbocycles. The van der Waals surface area contributed by atoms with Gasteiger partial charge in [0.15, 0.2) is 5.82 Å². The van der Waals surface area contributed by atoms with Gasteiger partial charge in [0.2, 0.25) is 0 Å². The van der Waals surface area contributed by atoms with Crippen molar-refractivity contribution in [3.8, 4) is 11.4 Å². The van der Waals surface area contributed by atoms with Gasteiger partial charge in [-0.15, -0.1) is 0 Å². The largest absolute Gasteiger partial charge is 0.305 e. The van der Waals surface area contributed by atoms with Crippen LogP contribution in [0.3, 0.4) is 0 Å². The van der Waals surface area contributed by atoms with E-state index in [2.05, 4.69) is 15.5 Å². The molecule has 1 amide bonds. The Morgan fingerprint density at radius 3 is 2.61 bits per heavy atom. The monoisotopic (exact) mass is 391 g/mol. The summed E-state index contributed by atoms with van der Waals surface area (Å²) in [7, 11) is 0. The molecule has 2 aromatic carbocycles. The molecule has 2 aromatic heterocycles. The van der Waals surface area contributed by atoms with Gasteiger partial charge in [-0.2, -0.15) is 10.2 Å². The number of amides is 1. The molecular weight excluding hydrogens is 374 g/mol. The number of para-hydroxylation sites is 1. The van der Waals surface area contributed by atoms with E-state index in [0.29, 0.717) is 22.8 Å². The summed E-state index contributed by atoms with van der Waals surface area (Å²) < 4.78 is 3.45. The van der Waals surface area contributed by atoms with Gasteiger partial charge in [-0.3, -0.25) is 4.79 Å². The van der Waals surface area contributed by atoms with Crippen LogP contribution < -0.4 is 5.32 Å². The van der Waals surface area contributed by atoms with Crippen molar-refractivity contribution in [2.45, 2.75) is 13.3 Å². The fourth-order valence-electron chi connectivity index (χ4n) is 3.03. The minimum absolute atomic E-state index is 0.247. The summed E-state index contributed by atoms with van der Waals surface area (Å²) in [5, 5.41) is 12.3. The highest BCUT2D eigenvalue weighted by atomic mass is 35.5. The first-order valence-electron chi connectivity index (χ1n) is 8.91. The molecule has 0 aliphatic carbocycles. The number of anilines is 1.